The van der Waals surface area contributed by atoms with Crippen LogP contribution in [0, 0.1) is 0 Å². The fourth-order valence-corrected chi connectivity index (χ4v) is 3.81. The summed E-state index contributed by atoms with van der Waals surface area (Å²) in [5.74, 6) is -0.385. The van der Waals surface area contributed by atoms with Crippen molar-refractivity contribution in [1.29, 1.82) is 0 Å². The standard InChI is InChI=1S/C20H27N3O3/c1-3-26-19(24)17-16(13-23(2)15-11-7-8-12-15)21-20(25)22-18(17)14-9-5-4-6-10-14/h4-6,9-10,15,18H,3,7-8,11-13H2,1-2H3,(H2,21,22,25). The molecule has 2 amide bonds. The van der Waals surface area contributed by atoms with Gasteiger partial charge in [0.2, 0.25) is 0 Å². The average molecular weight is 357 g/mol. The summed E-state index contributed by atoms with van der Waals surface area (Å²) < 4.78 is 5.30. The molecule has 1 aliphatic heterocycles. The number of nitrogens with zero attached hydrogens (tertiary/aromatic N) is 1. The van der Waals surface area contributed by atoms with Gasteiger partial charge < -0.3 is 15.4 Å². The second kappa shape index (κ2) is 8.36. The number of hydrogen-bond donors (Lipinski definition) is 2. The summed E-state index contributed by atoms with van der Waals surface area (Å²) in [6.45, 7) is 2.61. The summed E-state index contributed by atoms with van der Waals surface area (Å²) in [5, 5.41) is 5.71. The summed E-state index contributed by atoms with van der Waals surface area (Å²) in [5.41, 5.74) is 1.99. The van der Waals surface area contributed by atoms with Gasteiger partial charge in [0.1, 0.15) is 0 Å². The molecule has 6 heteroatoms. The van der Waals surface area contributed by atoms with Crippen LogP contribution in [0.15, 0.2) is 41.6 Å². The maximum Gasteiger partial charge on any atom is 0.338 e. The second-order valence-corrected chi connectivity index (χ2v) is 6.91. The molecule has 1 atom stereocenters. The van der Waals surface area contributed by atoms with Crippen LogP contribution in [0.25, 0.3) is 0 Å². The third-order valence-corrected chi connectivity index (χ3v) is 5.14. The van der Waals surface area contributed by atoms with E-state index in [0.29, 0.717) is 30.5 Å². The van der Waals surface area contributed by atoms with Crippen molar-refractivity contribution < 1.29 is 14.3 Å². The van der Waals surface area contributed by atoms with E-state index in [2.05, 4.69) is 22.6 Å². The lowest BCUT2D eigenvalue weighted by atomic mass is 9.95. The van der Waals surface area contributed by atoms with Crippen molar-refractivity contribution in [2.24, 2.45) is 0 Å². The Morgan fingerprint density at radius 2 is 1.92 bits per heavy atom. The average Bonchev–Trinajstić information content (AvgIpc) is 3.17. The zero-order chi connectivity index (χ0) is 18.5. The van der Waals surface area contributed by atoms with E-state index >= 15 is 0 Å². The van der Waals surface area contributed by atoms with Crippen LogP contribution in [-0.4, -0.2) is 43.1 Å². The van der Waals surface area contributed by atoms with E-state index in [1.54, 1.807) is 6.92 Å². The second-order valence-electron chi connectivity index (χ2n) is 6.91. The third-order valence-electron chi connectivity index (χ3n) is 5.14. The molecule has 0 bridgehead atoms. The molecule has 6 nitrogen and oxygen atoms in total. The molecule has 1 aromatic carbocycles. The van der Waals surface area contributed by atoms with E-state index in [9.17, 15) is 9.59 Å². The monoisotopic (exact) mass is 357 g/mol. The van der Waals surface area contributed by atoms with Gasteiger partial charge in [-0.05, 0) is 32.4 Å². The van der Waals surface area contributed by atoms with Crippen LogP contribution >= 0.6 is 0 Å². The Morgan fingerprint density at radius 3 is 2.58 bits per heavy atom. The van der Waals surface area contributed by atoms with Gasteiger partial charge in [-0.15, -0.1) is 0 Å². The Labute approximate surface area is 154 Å². The van der Waals surface area contributed by atoms with E-state index in [0.717, 1.165) is 18.4 Å². The fraction of sp³-hybridized carbons (Fsp3) is 0.500. The third kappa shape index (κ3) is 4.07. The number of hydrogen-bond acceptors (Lipinski definition) is 4. The fourth-order valence-electron chi connectivity index (χ4n) is 3.81. The van der Waals surface area contributed by atoms with Crippen molar-refractivity contribution in [2.45, 2.75) is 44.7 Å². The molecule has 0 radical (unpaired) electrons. The Kier molecular flexibility index (Phi) is 5.93. The minimum Gasteiger partial charge on any atom is -0.463 e. The van der Waals surface area contributed by atoms with Crippen molar-refractivity contribution in [3.8, 4) is 0 Å². The van der Waals surface area contributed by atoms with Gasteiger partial charge in [-0.1, -0.05) is 43.2 Å². The molecule has 1 fully saturated rings. The minimum atomic E-state index is -0.504. The molecule has 26 heavy (non-hydrogen) atoms. The SMILES string of the molecule is CCOC(=O)C1=C(CN(C)C2CCCC2)NC(=O)NC1c1ccccc1. The van der Waals surface area contributed by atoms with Gasteiger partial charge in [0, 0.05) is 18.3 Å². The van der Waals surface area contributed by atoms with Gasteiger partial charge in [-0.25, -0.2) is 9.59 Å². The predicted octanol–water partition coefficient (Wildman–Crippen LogP) is 2.73. The van der Waals surface area contributed by atoms with Gasteiger partial charge in [0.05, 0.1) is 18.2 Å². The van der Waals surface area contributed by atoms with Crippen molar-refractivity contribution >= 4 is 12.0 Å². The highest BCUT2D eigenvalue weighted by molar-refractivity contribution is 5.95. The largest absolute Gasteiger partial charge is 0.463 e. The van der Waals surface area contributed by atoms with Crippen molar-refractivity contribution in [3.05, 3.63) is 47.2 Å². The highest BCUT2D eigenvalue weighted by Gasteiger charge is 2.34. The highest BCUT2D eigenvalue weighted by Crippen LogP contribution is 2.29. The molecule has 2 N–H and O–H groups in total. The maximum atomic E-state index is 12.7. The van der Waals surface area contributed by atoms with Crippen molar-refractivity contribution in [1.82, 2.24) is 15.5 Å². The number of urea groups is 1. The van der Waals surface area contributed by atoms with Crippen LogP contribution in [0.4, 0.5) is 4.79 Å². The smallest absolute Gasteiger partial charge is 0.338 e. The number of likely N-dealkylation sites (N-methyl/N-ethyl adjacent to an activating group) is 1. The van der Waals surface area contributed by atoms with Gasteiger partial charge in [-0.2, -0.15) is 0 Å². The van der Waals surface area contributed by atoms with Gasteiger partial charge in [0.25, 0.3) is 0 Å². The van der Waals surface area contributed by atoms with Crippen molar-refractivity contribution in [3.63, 3.8) is 0 Å². The molecular weight excluding hydrogens is 330 g/mol. The van der Waals surface area contributed by atoms with Crippen LogP contribution in [0.1, 0.15) is 44.2 Å². The van der Waals surface area contributed by atoms with Crippen LogP contribution in [0.3, 0.4) is 0 Å². The topological polar surface area (TPSA) is 70.7 Å². The number of carbonyl (C=O) groups is 2. The van der Waals surface area contributed by atoms with E-state index in [1.807, 2.05) is 30.3 Å². The molecule has 2 aliphatic rings. The predicted molar refractivity (Wildman–Crippen MR) is 99.4 cm³/mol. The maximum absolute atomic E-state index is 12.7. The molecular formula is C20H27N3O3. The first-order valence-electron chi connectivity index (χ1n) is 9.33. The Hall–Kier alpha value is -2.34. The van der Waals surface area contributed by atoms with Crippen LogP contribution < -0.4 is 10.6 Å². The molecule has 1 unspecified atom stereocenters. The Morgan fingerprint density at radius 1 is 1.23 bits per heavy atom. The molecule has 140 valence electrons. The lowest BCUT2D eigenvalue weighted by Gasteiger charge is -2.32. The molecule has 1 heterocycles. The molecule has 1 saturated carbocycles. The number of nitrogens with one attached hydrogen (secondary N) is 2. The van der Waals surface area contributed by atoms with E-state index in [-0.39, 0.29) is 12.0 Å². The number of amides is 2. The summed E-state index contributed by atoms with van der Waals surface area (Å²) in [6, 6.07) is 9.23. The summed E-state index contributed by atoms with van der Waals surface area (Å²) in [7, 11) is 2.05. The zero-order valence-corrected chi connectivity index (χ0v) is 15.5. The molecule has 0 spiro atoms. The van der Waals surface area contributed by atoms with Crippen LogP contribution in [0.2, 0.25) is 0 Å². The number of carbonyl (C=O) groups excluding carboxylic acids is 2. The Balaban J connectivity index is 1.95. The Bertz CT molecular complexity index is 681. The molecule has 3 rings (SSSR count). The lowest BCUT2D eigenvalue weighted by molar-refractivity contribution is -0.139. The lowest BCUT2D eigenvalue weighted by Crippen LogP contribution is -2.49. The quantitative estimate of drug-likeness (QED) is 0.768. The van der Waals surface area contributed by atoms with Crippen molar-refractivity contribution in [2.75, 3.05) is 20.2 Å². The normalized spacial score (nSPS) is 20.9. The number of rotatable bonds is 6. The zero-order valence-electron chi connectivity index (χ0n) is 15.5. The van der Waals surface area contributed by atoms with Crippen LogP contribution in [-0.2, 0) is 9.53 Å². The number of ether oxygens (including phenoxy) is 1. The minimum absolute atomic E-state index is 0.290. The highest BCUT2D eigenvalue weighted by atomic mass is 16.5. The van der Waals surface area contributed by atoms with Gasteiger partial charge >= 0.3 is 12.0 Å². The number of benzene rings is 1. The van der Waals surface area contributed by atoms with E-state index < -0.39 is 6.04 Å². The molecule has 0 saturated heterocycles. The van der Waals surface area contributed by atoms with Gasteiger partial charge in [0.15, 0.2) is 0 Å². The van der Waals surface area contributed by atoms with Gasteiger partial charge in [-0.3, -0.25) is 4.90 Å². The van der Waals surface area contributed by atoms with Crippen LogP contribution in [0.5, 0.6) is 0 Å². The molecule has 0 aromatic heterocycles. The molecule has 1 aliphatic carbocycles. The first-order chi connectivity index (χ1) is 12.6. The first kappa shape index (κ1) is 18.5. The summed E-state index contributed by atoms with van der Waals surface area (Å²) in [4.78, 5) is 27.2. The molecule has 1 aromatic rings. The first-order valence-corrected chi connectivity index (χ1v) is 9.33. The van der Waals surface area contributed by atoms with E-state index in [1.165, 1.54) is 12.8 Å². The summed E-state index contributed by atoms with van der Waals surface area (Å²) in [6.07, 6.45) is 4.79. The number of esters is 1. The summed E-state index contributed by atoms with van der Waals surface area (Å²) >= 11 is 0. The van der Waals surface area contributed by atoms with E-state index in [4.69, 9.17) is 4.74 Å².